The summed E-state index contributed by atoms with van der Waals surface area (Å²) in [6.07, 6.45) is 8.21. The standard InChI is InChI=1S/C19H28N2S/c1-22-18-6-3-15(4-7-18)14-20-8-10-21(11-9-20)19-13-16-2-5-17(19)12-16/h3-4,6-7,16-17,19H,2,5,8-14H2,1H3/t16-,17+,19+/m0/s1. The summed E-state index contributed by atoms with van der Waals surface area (Å²) in [5.41, 5.74) is 1.46. The van der Waals surface area contributed by atoms with Gasteiger partial charge in [0.05, 0.1) is 0 Å². The summed E-state index contributed by atoms with van der Waals surface area (Å²) in [6, 6.07) is 10.0. The van der Waals surface area contributed by atoms with Gasteiger partial charge in [0, 0.05) is 43.7 Å². The molecule has 0 unspecified atom stereocenters. The average molecular weight is 317 g/mol. The Kier molecular flexibility index (Phi) is 4.47. The van der Waals surface area contributed by atoms with Crippen LogP contribution in [0.4, 0.5) is 0 Å². The highest BCUT2D eigenvalue weighted by Gasteiger charge is 2.42. The van der Waals surface area contributed by atoms with Crippen LogP contribution in [-0.4, -0.2) is 48.3 Å². The van der Waals surface area contributed by atoms with Crippen molar-refractivity contribution in [1.82, 2.24) is 9.80 Å². The molecule has 3 atom stereocenters. The molecule has 3 aliphatic rings. The lowest BCUT2D eigenvalue weighted by Crippen LogP contribution is -2.51. The van der Waals surface area contributed by atoms with E-state index in [-0.39, 0.29) is 0 Å². The third kappa shape index (κ3) is 3.08. The van der Waals surface area contributed by atoms with Crippen molar-refractivity contribution in [1.29, 1.82) is 0 Å². The molecule has 1 saturated heterocycles. The van der Waals surface area contributed by atoms with Crippen molar-refractivity contribution < 1.29 is 0 Å². The molecule has 1 aromatic carbocycles. The van der Waals surface area contributed by atoms with Crippen LogP contribution in [0.5, 0.6) is 0 Å². The van der Waals surface area contributed by atoms with Gasteiger partial charge < -0.3 is 0 Å². The summed E-state index contributed by atoms with van der Waals surface area (Å²) < 4.78 is 0. The largest absolute Gasteiger partial charge is 0.298 e. The molecule has 3 fully saturated rings. The summed E-state index contributed by atoms with van der Waals surface area (Å²) in [6.45, 7) is 6.20. The van der Waals surface area contributed by atoms with Gasteiger partial charge in [0.15, 0.2) is 0 Å². The fourth-order valence-electron chi connectivity index (χ4n) is 4.90. The molecule has 2 aliphatic carbocycles. The molecule has 2 bridgehead atoms. The number of hydrogen-bond acceptors (Lipinski definition) is 3. The van der Waals surface area contributed by atoms with E-state index >= 15 is 0 Å². The van der Waals surface area contributed by atoms with E-state index in [1.807, 2.05) is 11.8 Å². The Hall–Kier alpha value is -0.510. The van der Waals surface area contributed by atoms with Crippen LogP contribution >= 0.6 is 11.8 Å². The van der Waals surface area contributed by atoms with Gasteiger partial charge in [0.2, 0.25) is 0 Å². The normalized spacial score (nSPS) is 32.7. The van der Waals surface area contributed by atoms with E-state index in [0.29, 0.717) is 0 Å². The Balaban J connectivity index is 1.28. The van der Waals surface area contributed by atoms with Crippen molar-refractivity contribution in [3.8, 4) is 0 Å². The topological polar surface area (TPSA) is 6.48 Å². The van der Waals surface area contributed by atoms with E-state index in [4.69, 9.17) is 0 Å². The van der Waals surface area contributed by atoms with Crippen LogP contribution in [0.25, 0.3) is 0 Å². The second-order valence-corrected chi connectivity index (χ2v) is 8.28. The Morgan fingerprint density at radius 1 is 1.00 bits per heavy atom. The zero-order chi connectivity index (χ0) is 14.9. The molecule has 0 N–H and O–H groups in total. The van der Waals surface area contributed by atoms with Crippen LogP contribution in [-0.2, 0) is 6.54 Å². The molecule has 22 heavy (non-hydrogen) atoms. The fourth-order valence-corrected chi connectivity index (χ4v) is 5.31. The molecule has 1 heterocycles. The van der Waals surface area contributed by atoms with Crippen LogP contribution < -0.4 is 0 Å². The molecule has 0 radical (unpaired) electrons. The number of piperazine rings is 1. The lowest BCUT2D eigenvalue weighted by atomic mass is 9.93. The molecule has 0 amide bonds. The van der Waals surface area contributed by atoms with Crippen LogP contribution in [0.3, 0.4) is 0 Å². The van der Waals surface area contributed by atoms with E-state index in [1.165, 1.54) is 62.3 Å². The molecule has 4 rings (SSSR count). The minimum atomic E-state index is 0.932. The van der Waals surface area contributed by atoms with Crippen molar-refractivity contribution >= 4 is 11.8 Å². The molecule has 1 aromatic rings. The maximum Gasteiger partial charge on any atom is 0.0234 e. The predicted octanol–water partition coefficient (Wildman–Crippen LogP) is 3.71. The third-order valence-corrected chi connectivity index (χ3v) is 6.89. The minimum Gasteiger partial charge on any atom is -0.298 e. The molecule has 0 spiro atoms. The second-order valence-electron chi connectivity index (χ2n) is 7.40. The summed E-state index contributed by atoms with van der Waals surface area (Å²) >= 11 is 1.82. The van der Waals surface area contributed by atoms with Gasteiger partial charge in [-0.05, 0) is 55.1 Å². The average Bonchev–Trinajstić information content (AvgIpc) is 3.19. The second kappa shape index (κ2) is 6.54. The highest BCUT2D eigenvalue weighted by Crippen LogP contribution is 2.46. The summed E-state index contributed by atoms with van der Waals surface area (Å²) in [4.78, 5) is 6.82. The molecule has 3 heteroatoms. The highest BCUT2D eigenvalue weighted by atomic mass is 32.2. The smallest absolute Gasteiger partial charge is 0.0234 e. The molecule has 1 aliphatic heterocycles. The predicted molar refractivity (Wildman–Crippen MR) is 94.3 cm³/mol. The number of hydrogen-bond donors (Lipinski definition) is 0. The van der Waals surface area contributed by atoms with Crippen molar-refractivity contribution in [3.63, 3.8) is 0 Å². The quantitative estimate of drug-likeness (QED) is 0.782. The maximum atomic E-state index is 2.82. The lowest BCUT2D eigenvalue weighted by molar-refractivity contribution is 0.0679. The molecule has 2 nitrogen and oxygen atoms in total. The first kappa shape index (κ1) is 15.0. The van der Waals surface area contributed by atoms with Gasteiger partial charge >= 0.3 is 0 Å². The van der Waals surface area contributed by atoms with Crippen molar-refractivity contribution in [2.24, 2.45) is 11.8 Å². The highest BCUT2D eigenvalue weighted by molar-refractivity contribution is 7.98. The molecule has 0 aromatic heterocycles. The number of nitrogens with zero attached hydrogens (tertiary/aromatic N) is 2. The molecular formula is C19H28N2S. The van der Waals surface area contributed by atoms with Crippen LogP contribution in [0, 0.1) is 11.8 Å². The van der Waals surface area contributed by atoms with E-state index in [0.717, 1.165) is 24.4 Å². The SMILES string of the molecule is CSc1ccc(CN2CCN([C@@H]3C[C@H]4CC[C@@H]3C4)CC2)cc1. The van der Waals surface area contributed by atoms with Crippen molar-refractivity contribution in [3.05, 3.63) is 29.8 Å². The van der Waals surface area contributed by atoms with Crippen LogP contribution in [0.15, 0.2) is 29.2 Å². The first-order valence-electron chi connectivity index (χ1n) is 8.91. The van der Waals surface area contributed by atoms with E-state index in [9.17, 15) is 0 Å². The van der Waals surface area contributed by atoms with Crippen LogP contribution in [0.2, 0.25) is 0 Å². The minimum absolute atomic E-state index is 0.932. The summed E-state index contributed by atoms with van der Waals surface area (Å²) in [5.74, 6) is 2.11. The Morgan fingerprint density at radius 2 is 1.77 bits per heavy atom. The zero-order valence-corrected chi connectivity index (χ0v) is 14.5. The lowest BCUT2D eigenvalue weighted by Gasteiger charge is -2.41. The van der Waals surface area contributed by atoms with Gasteiger partial charge in [-0.3, -0.25) is 9.80 Å². The number of thioether (sulfide) groups is 1. The van der Waals surface area contributed by atoms with Gasteiger partial charge in [-0.15, -0.1) is 11.8 Å². The van der Waals surface area contributed by atoms with Gasteiger partial charge in [-0.2, -0.15) is 0 Å². The van der Waals surface area contributed by atoms with Gasteiger partial charge in [0.1, 0.15) is 0 Å². The number of rotatable bonds is 4. The van der Waals surface area contributed by atoms with Crippen molar-refractivity contribution in [2.75, 3.05) is 32.4 Å². The summed E-state index contributed by atoms with van der Waals surface area (Å²) in [5, 5.41) is 0. The van der Waals surface area contributed by atoms with E-state index < -0.39 is 0 Å². The van der Waals surface area contributed by atoms with Gasteiger partial charge in [0.25, 0.3) is 0 Å². The number of benzene rings is 1. The molecule has 120 valence electrons. The van der Waals surface area contributed by atoms with E-state index in [1.54, 1.807) is 0 Å². The molecule has 2 saturated carbocycles. The molecular weight excluding hydrogens is 288 g/mol. The van der Waals surface area contributed by atoms with Gasteiger partial charge in [-0.25, -0.2) is 0 Å². The fraction of sp³-hybridized carbons (Fsp3) is 0.684. The summed E-state index contributed by atoms with van der Waals surface area (Å²) in [7, 11) is 0. The van der Waals surface area contributed by atoms with Crippen molar-refractivity contribution in [2.45, 2.75) is 43.2 Å². The van der Waals surface area contributed by atoms with E-state index in [2.05, 4.69) is 40.3 Å². The Morgan fingerprint density at radius 3 is 2.36 bits per heavy atom. The Bertz CT molecular complexity index is 493. The Labute approximate surface area is 139 Å². The van der Waals surface area contributed by atoms with Crippen LogP contribution in [0.1, 0.15) is 31.2 Å². The number of fused-ring (bicyclic) bond motifs is 2. The first-order chi connectivity index (χ1) is 10.8. The zero-order valence-electron chi connectivity index (χ0n) is 13.7. The third-order valence-electron chi connectivity index (χ3n) is 6.14. The maximum absolute atomic E-state index is 2.82. The van der Waals surface area contributed by atoms with Gasteiger partial charge in [-0.1, -0.05) is 18.6 Å². The monoisotopic (exact) mass is 316 g/mol. The first-order valence-corrected chi connectivity index (χ1v) is 10.1.